The zero-order valence-corrected chi connectivity index (χ0v) is 23.9. The van der Waals surface area contributed by atoms with Gasteiger partial charge in [-0.15, -0.1) is 11.3 Å². The van der Waals surface area contributed by atoms with Crippen LogP contribution in [0.4, 0.5) is 0 Å². The molecule has 0 bridgehead atoms. The van der Waals surface area contributed by atoms with Gasteiger partial charge in [-0.1, -0.05) is 115 Å². The molecule has 0 fully saturated rings. The van der Waals surface area contributed by atoms with Crippen molar-refractivity contribution in [3.05, 3.63) is 140 Å². The summed E-state index contributed by atoms with van der Waals surface area (Å²) in [4.78, 5) is 0. The average molecular weight is 566 g/mol. The van der Waals surface area contributed by atoms with Gasteiger partial charge in [-0.3, -0.25) is 0 Å². The summed E-state index contributed by atoms with van der Waals surface area (Å²) < 4.78 is 11.6. The van der Waals surface area contributed by atoms with Crippen LogP contribution >= 0.6 is 11.3 Å². The maximum absolute atomic E-state index is 6.48. The SMILES string of the molecule is c1ccc2c(c1)oc1c(-c3ccc(-n4c5ccccc5c5ccc6c7ccccc7sc6c54)c4ccccc34)cccc12. The fraction of sp³-hybridized carbons (Fsp3) is 0. The summed E-state index contributed by atoms with van der Waals surface area (Å²) in [6, 6.07) is 50.4. The Balaban J connectivity index is 1.33. The van der Waals surface area contributed by atoms with E-state index in [4.69, 9.17) is 4.42 Å². The summed E-state index contributed by atoms with van der Waals surface area (Å²) in [6.45, 7) is 0. The second-order valence-corrected chi connectivity index (χ2v) is 12.3. The van der Waals surface area contributed by atoms with Crippen LogP contribution < -0.4 is 0 Å². The second-order valence-electron chi connectivity index (χ2n) is 11.2. The largest absolute Gasteiger partial charge is 0.455 e. The Bertz CT molecular complexity index is 2740. The molecule has 0 aliphatic carbocycles. The number of furan rings is 1. The van der Waals surface area contributed by atoms with Crippen molar-refractivity contribution >= 4 is 86.0 Å². The predicted molar refractivity (Wildman–Crippen MR) is 184 cm³/mol. The third kappa shape index (κ3) is 3.12. The van der Waals surface area contributed by atoms with Gasteiger partial charge in [0.2, 0.25) is 0 Å². The lowest BCUT2D eigenvalue weighted by atomic mass is 9.95. The fourth-order valence-electron chi connectivity index (χ4n) is 7.15. The summed E-state index contributed by atoms with van der Waals surface area (Å²) >= 11 is 1.89. The zero-order chi connectivity index (χ0) is 28.1. The highest BCUT2D eigenvalue weighted by Gasteiger charge is 2.20. The van der Waals surface area contributed by atoms with Gasteiger partial charge in [-0.05, 0) is 35.2 Å². The minimum Gasteiger partial charge on any atom is -0.455 e. The number of fused-ring (bicyclic) bond motifs is 11. The number of rotatable bonds is 2. The van der Waals surface area contributed by atoms with Crippen molar-refractivity contribution in [1.82, 2.24) is 4.57 Å². The van der Waals surface area contributed by atoms with Crippen LogP contribution in [0.2, 0.25) is 0 Å². The summed E-state index contributed by atoms with van der Waals surface area (Å²) in [6.07, 6.45) is 0. The molecule has 10 aromatic rings. The molecule has 0 saturated heterocycles. The number of para-hydroxylation sites is 3. The Morgan fingerprint density at radius 2 is 1.14 bits per heavy atom. The molecule has 0 unspecified atom stereocenters. The van der Waals surface area contributed by atoms with Gasteiger partial charge in [0.05, 0.1) is 21.4 Å². The van der Waals surface area contributed by atoms with Crippen molar-refractivity contribution in [2.75, 3.05) is 0 Å². The van der Waals surface area contributed by atoms with Crippen LogP contribution in [0.1, 0.15) is 0 Å². The molecule has 0 N–H and O–H groups in total. The van der Waals surface area contributed by atoms with Crippen LogP contribution in [0.25, 0.3) is 91.5 Å². The summed E-state index contributed by atoms with van der Waals surface area (Å²) in [5.74, 6) is 0. The third-order valence-electron chi connectivity index (χ3n) is 9.02. The summed E-state index contributed by atoms with van der Waals surface area (Å²) in [7, 11) is 0. The molecule has 0 saturated carbocycles. The van der Waals surface area contributed by atoms with Crippen molar-refractivity contribution < 1.29 is 4.42 Å². The monoisotopic (exact) mass is 565 g/mol. The molecule has 7 aromatic carbocycles. The first-order chi connectivity index (χ1) is 21.3. The van der Waals surface area contributed by atoms with Gasteiger partial charge in [0.15, 0.2) is 0 Å². The molecule has 3 heterocycles. The minimum absolute atomic E-state index is 0.920. The van der Waals surface area contributed by atoms with Crippen molar-refractivity contribution in [2.24, 2.45) is 0 Å². The molecular formula is C40H23NOS. The van der Waals surface area contributed by atoms with E-state index in [1.54, 1.807) is 0 Å². The highest BCUT2D eigenvalue weighted by Crippen LogP contribution is 2.45. The maximum atomic E-state index is 6.48. The molecule has 10 rings (SSSR count). The minimum atomic E-state index is 0.920. The first kappa shape index (κ1) is 23.2. The van der Waals surface area contributed by atoms with Gasteiger partial charge in [0, 0.05) is 48.0 Å². The molecule has 3 heteroatoms. The van der Waals surface area contributed by atoms with E-state index >= 15 is 0 Å². The van der Waals surface area contributed by atoms with Crippen LogP contribution in [0.3, 0.4) is 0 Å². The van der Waals surface area contributed by atoms with Gasteiger partial charge < -0.3 is 8.98 Å². The molecule has 3 aromatic heterocycles. The molecule has 0 aliphatic rings. The van der Waals surface area contributed by atoms with Crippen LogP contribution in [0, 0.1) is 0 Å². The Hall–Kier alpha value is -5.38. The van der Waals surface area contributed by atoms with E-state index in [2.05, 4.69) is 138 Å². The van der Waals surface area contributed by atoms with E-state index in [0.717, 1.165) is 27.5 Å². The van der Waals surface area contributed by atoms with Crippen molar-refractivity contribution in [3.8, 4) is 16.8 Å². The number of aromatic nitrogens is 1. The van der Waals surface area contributed by atoms with E-state index in [9.17, 15) is 0 Å². The Kier molecular flexibility index (Phi) is 4.63. The van der Waals surface area contributed by atoms with E-state index in [1.807, 2.05) is 17.4 Å². The van der Waals surface area contributed by atoms with Crippen LogP contribution in [0.15, 0.2) is 144 Å². The standard InChI is InChI=1S/C40H23NOS/c1-2-11-26-24(10-1)25(31-15-9-16-32-28-13-4-7-18-36(28)42-39(31)32)22-23-35(26)41-34-17-6-3-12-27(34)30-20-21-33-29-14-5-8-19-37(29)43-40(33)38(30)41/h1-23H. The van der Waals surface area contributed by atoms with Crippen LogP contribution in [-0.4, -0.2) is 4.57 Å². The summed E-state index contributed by atoms with van der Waals surface area (Å²) in [5.41, 5.74) is 7.83. The molecule has 0 spiro atoms. The Morgan fingerprint density at radius 1 is 0.442 bits per heavy atom. The van der Waals surface area contributed by atoms with Gasteiger partial charge in [-0.2, -0.15) is 0 Å². The molecule has 0 radical (unpaired) electrons. The van der Waals surface area contributed by atoms with Crippen molar-refractivity contribution in [3.63, 3.8) is 0 Å². The molecule has 0 amide bonds. The van der Waals surface area contributed by atoms with Gasteiger partial charge >= 0.3 is 0 Å². The lowest BCUT2D eigenvalue weighted by molar-refractivity contribution is 0.670. The van der Waals surface area contributed by atoms with E-state index in [-0.39, 0.29) is 0 Å². The first-order valence-electron chi connectivity index (χ1n) is 14.6. The Labute approximate surface area is 250 Å². The highest BCUT2D eigenvalue weighted by molar-refractivity contribution is 7.26. The van der Waals surface area contributed by atoms with Crippen LogP contribution in [-0.2, 0) is 0 Å². The summed E-state index contributed by atoms with van der Waals surface area (Å²) in [5, 5.41) is 9.92. The number of thiophene rings is 1. The molecule has 43 heavy (non-hydrogen) atoms. The van der Waals surface area contributed by atoms with Crippen molar-refractivity contribution in [1.29, 1.82) is 0 Å². The lowest BCUT2D eigenvalue weighted by Gasteiger charge is -2.15. The van der Waals surface area contributed by atoms with Gasteiger partial charge in [0.25, 0.3) is 0 Å². The normalized spacial score (nSPS) is 12.2. The smallest absolute Gasteiger partial charge is 0.143 e. The van der Waals surface area contributed by atoms with Crippen LogP contribution in [0.5, 0.6) is 0 Å². The lowest BCUT2D eigenvalue weighted by Crippen LogP contribution is -1.96. The highest BCUT2D eigenvalue weighted by atomic mass is 32.1. The first-order valence-corrected chi connectivity index (χ1v) is 15.4. The Morgan fingerprint density at radius 3 is 2.05 bits per heavy atom. The molecule has 0 atom stereocenters. The second kappa shape index (κ2) is 8.57. The fourth-order valence-corrected chi connectivity index (χ4v) is 8.39. The predicted octanol–water partition coefficient (Wildman–Crippen LogP) is 11.9. The number of benzene rings is 7. The number of hydrogen-bond donors (Lipinski definition) is 0. The van der Waals surface area contributed by atoms with E-state index in [1.165, 1.54) is 64.0 Å². The number of nitrogens with zero attached hydrogens (tertiary/aromatic N) is 1. The van der Waals surface area contributed by atoms with E-state index < -0.39 is 0 Å². The molecule has 2 nitrogen and oxygen atoms in total. The molecule has 0 aliphatic heterocycles. The average Bonchev–Trinajstić information content (AvgIpc) is 3.74. The zero-order valence-electron chi connectivity index (χ0n) is 23.0. The van der Waals surface area contributed by atoms with E-state index in [0.29, 0.717) is 0 Å². The molecular weight excluding hydrogens is 543 g/mol. The van der Waals surface area contributed by atoms with Crippen molar-refractivity contribution in [2.45, 2.75) is 0 Å². The van der Waals surface area contributed by atoms with Gasteiger partial charge in [-0.25, -0.2) is 0 Å². The quantitative estimate of drug-likeness (QED) is 0.204. The maximum Gasteiger partial charge on any atom is 0.143 e. The molecule has 200 valence electrons. The van der Waals surface area contributed by atoms with Gasteiger partial charge in [0.1, 0.15) is 11.2 Å². The third-order valence-corrected chi connectivity index (χ3v) is 10.2. The topological polar surface area (TPSA) is 18.1 Å². The number of hydrogen-bond acceptors (Lipinski definition) is 2.